The number of anilines is 1. The van der Waals surface area contributed by atoms with Crippen molar-refractivity contribution in [3.05, 3.63) is 23.3 Å². The predicted octanol–water partition coefficient (Wildman–Crippen LogP) is 0.712. The molecule has 0 atom stereocenters. The van der Waals surface area contributed by atoms with Gasteiger partial charge in [-0.2, -0.15) is 0 Å². The normalized spacial score (nSPS) is 11.7. The molecule has 0 fully saturated rings. The van der Waals surface area contributed by atoms with E-state index >= 15 is 0 Å². The van der Waals surface area contributed by atoms with Crippen molar-refractivity contribution >= 4 is 21.6 Å². The van der Waals surface area contributed by atoms with Gasteiger partial charge in [0.1, 0.15) is 0 Å². The molecule has 0 heterocycles. The maximum Gasteiger partial charge on any atom is 0.242 e. The van der Waals surface area contributed by atoms with Crippen molar-refractivity contribution in [2.24, 2.45) is 0 Å². The highest BCUT2D eigenvalue weighted by Crippen LogP contribution is 2.25. The Bertz CT molecular complexity index is 610. The molecule has 2 N–H and O–H groups in total. The molecule has 7 heteroatoms. The van der Waals surface area contributed by atoms with Crippen LogP contribution in [-0.4, -0.2) is 46.3 Å². The Morgan fingerprint density at radius 1 is 1.25 bits per heavy atom. The van der Waals surface area contributed by atoms with Gasteiger partial charge >= 0.3 is 0 Å². The van der Waals surface area contributed by atoms with Crippen molar-refractivity contribution in [2.45, 2.75) is 18.7 Å². The molecule has 6 nitrogen and oxygen atoms in total. The Labute approximate surface area is 120 Å². The standard InChI is InChI=1S/C13H21N3O3S/c1-9-6-11(20(18,19)16(4)5)7-12(10(9)2)15-13(17)8-14-3/h6-7,14H,8H2,1-5H3,(H,15,17). The van der Waals surface area contributed by atoms with Crippen LogP contribution >= 0.6 is 0 Å². The molecule has 112 valence electrons. The van der Waals surface area contributed by atoms with Crippen LogP contribution in [0.1, 0.15) is 11.1 Å². The molecule has 1 aromatic rings. The zero-order chi connectivity index (χ0) is 15.5. The molecule has 0 aliphatic carbocycles. The lowest BCUT2D eigenvalue weighted by Gasteiger charge is -2.16. The number of carbonyl (C=O) groups is 1. The van der Waals surface area contributed by atoms with E-state index in [2.05, 4.69) is 10.6 Å². The Morgan fingerprint density at radius 2 is 1.85 bits per heavy atom. The number of likely N-dealkylation sites (N-methyl/N-ethyl adjacent to an activating group) is 1. The third-order valence-corrected chi connectivity index (χ3v) is 4.82. The van der Waals surface area contributed by atoms with Gasteiger partial charge in [0, 0.05) is 19.8 Å². The Morgan fingerprint density at radius 3 is 2.35 bits per heavy atom. The molecule has 20 heavy (non-hydrogen) atoms. The van der Waals surface area contributed by atoms with Gasteiger partial charge in [-0.25, -0.2) is 12.7 Å². The molecule has 1 aromatic carbocycles. The van der Waals surface area contributed by atoms with Crippen LogP contribution < -0.4 is 10.6 Å². The smallest absolute Gasteiger partial charge is 0.242 e. The molecule has 0 radical (unpaired) electrons. The minimum absolute atomic E-state index is 0.170. The lowest BCUT2D eigenvalue weighted by molar-refractivity contribution is -0.115. The van der Waals surface area contributed by atoms with Crippen LogP contribution in [0.3, 0.4) is 0 Å². The summed E-state index contributed by atoms with van der Waals surface area (Å²) in [6, 6.07) is 3.10. The van der Waals surface area contributed by atoms with Gasteiger partial charge in [0.25, 0.3) is 0 Å². The molecule has 0 saturated carbocycles. The summed E-state index contributed by atoms with van der Waals surface area (Å²) in [6.45, 7) is 3.83. The highest BCUT2D eigenvalue weighted by molar-refractivity contribution is 7.89. The second-order valence-electron chi connectivity index (χ2n) is 4.78. The maximum atomic E-state index is 12.2. The fourth-order valence-electron chi connectivity index (χ4n) is 1.67. The first-order valence-electron chi connectivity index (χ1n) is 6.18. The zero-order valence-electron chi connectivity index (χ0n) is 12.4. The van der Waals surface area contributed by atoms with Crippen molar-refractivity contribution in [2.75, 3.05) is 33.0 Å². The Kier molecular flexibility index (Phi) is 5.27. The number of carbonyl (C=O) groups excluding carboxylic acids is 1. The highest BCUT2D eigenvalue weighted by atomic mass is 32.2. The van der Waals surface area contributed by atoms with Crippen LogP contribution in [0.25, 0.3) is 0 Å². The number of sulfonamides is 1. The number of benzene rings is 1. The average molecular weight is 299 g/mol. The van der Waals surface area contributed by atoms with Crippen LogP contribution in [0.2, 0.25) is 0 Å². The second-order valence-corrected chi connectivity index (χ2v) is 6.93. The summed E-state index contributed by atoms with van der Waals surface area (Å²) in [5.74, 6) is -0.214. The summed E-state index contributed by atoms with van der Waals surface area (Å²) in [5, 5.41) is 5.47. The maximum absolute atomic E-state index is 12.2. The van der Waals surface area contributed by atoms with Crippen molar-refractivity contribution in [3.8, 4) is 0 Å². The number of amides is 1. The van der Waals surface area contributed by atoms with Gasteiger partial charge in [-0.05, 0) is 44.2 Å². The van der Waals surface area contributed by atoms with E-state index in [0.717, 1.165) is 15.4 Å². The Balaban J connectivity index is 3.27. The second kappa shape index (κ2) is 6.34. The quantitative estimate of drug-likeness (QED) is 0.839. The molecule has 0 bridgehead atoms. The van der Waals surface area contributed by atoms with Crippen LogP contribution in [0, 0.1) is 13.8 Å². The van der Waals surface area contributed by atoms with Crippen LogP contribution in [0.5, 0.6) is 0 Å². The van der Waals surface area contributed by atoms with Crippen LogP contribution in [0.4, 0.5) is 5.69 Å². The van der Waals surface area contributed by atoms with Crippen molar-refractivity contribution in [3.63, 3.8) is 0 Å². The molecule has 1 rings (SSSR count). The minimum atomic E-state index is -3.52. The fourth-order valence-corrected chi connectivity index (χ4v) is 2.68. The molecular weight excluding hydrogens is 278 g/mol. The summed E-state index contributed by atoms with van der Waals surface area (Å²) in [5.41, 5.74) is 2.19. The van der Waals surface area contributed by atoms with E-state index in [1.807, 2.05) is 13.8 Å². The highest BCUT2D eigenvalue weighted by Gasteiger charge is 2.20. The van der Waals surface area contributed by atoms with E-state index in [0.29, 0.717) is 5.69 Å². The van der Waals surface area contributed by atoms with Gasteiger partial charge in [-0.3, -0.25) is 4.79 Å². The van der Waals surface area contributed by atoms with Crippen LogP contribution in [-0.2, 0) is 14.8 Å². The van der Waals surface area contributed by atoms with Gasteiger partial charge in [0.05, 0.1) is 11.4 Å². The average Bonchev–Trinajstić information content (AvgIpc) is 2.34. The first-order chi connectivity index (χ1) is 9.20. The van der Waals surface area contributed by atoms with Gasteiger partial charge < -0.3 is 10.6 Å². The van der Waals surface area contributed by atoms with Gasteiger partial charge in [0.2, 0.25) is 15.9 Å². The summed E-state index contributed by atoms with van der Waals surface area (Å²) in [4.78, 5) is 11.8. The molecule has 0 aliphatic heterocycles. The number of nitrogens with zero attached hydrogens (tertiary/aromatic N) is 1. The van der Waals surface area contributed by atoms with E-state index < -0.39 is 10.0 Å². The third kappa shape index (κ3) is 3.56. The van der Waals surface area contributed by atoms with E-state index in [4.69, 9.17) is 0 Å². The predicted molar refractivity (Wildman–Crippen MR) is 79.3 cm³/mol. The first-order valence-corrected chi connectivity index (χ1v) is 7.62. The third-order valence-electron chi connectivity index (χ3n) is 3.03. The van der Waals surface area contributed by atoms with Crippen LogP contribution in [0.15, 0.2) is 17.0 Å². The summed E-state index contributed by atoms with van der Waals surface area (Å²) >= 11 is 0. The molecule has 0 aliphatic rings. The number of hydrogen-bond acceptors (Lipinski definition) is 4. The summed E-state index contributed by atoms with van der Waals surface area (Å²) < 4.78 is 25.5. The molecule has 0 saturated heterocycles. The molecule has 0 aromatic heterocycles. The zero-order valence-corrected chi connectivity index (χ0v) is 13.3. The van der Waals surface area contributed by atoms with Gasteiger partial charge in [0.15, 0.2) is 0 Å². The summed E-state index contributed by atoms with van der Waals surface area (Å²) in [7, 11) is 1.10. The van der Waals surface area contributed by atoms with E-state index in [9.17, 15) is 13.2 Å². The fraction of sp³-hybridized carbons (Fsp3) is 0.462. The van der Waals surface area contributed by atoms with Gasteiger partial charge in [-0.1, -0.05) is 0 Å². The van der Waals surface area contributed by atoms with Gasteiger partial charge in [-0.15, -0.1) is 0 Å². The molecule has 0 spiro atoms. The summed E-state index contributed by atoms with van der Waals surface area (Å²) in [6.07, 6.45) is 0. The number of nitrogens with one attached hydrogen (secondary N) is 2. The van der Waals surface area contributed by atoms with Crippen molar-refractivity contribution in [1.82, 2.24) is 9.62 Å². The monoisotopic (exact) mass is 299 g/mol. The number of hydrogen-bond donors (Lipinski definition) is 2. The lowest BCUT2D eigenvalue weighted by Crippen LogP contribution is -2.26. The van der Waals surface area contributed by atoms with E-state index in [1.54, 1.807) is 13.1 Å². The Hall–Kier alpha value is -1.44. The first kappa shape index (κ1) is 16.6. The SMILES string of the molecule is CNCC(=O)Nc1cc(S(=O)(=O)N(C)C)cc(C)c1C. The van der Waals surface area contributed by atoms with E-state index in [-0.39, 0.29) is 17.3 Å². The van der Waals surface area contributed by atoms with Crippen molar-refractivity contribution < 1.29 is 13.2 Å². The lowest BCUT2D eigenvalue weighted by atomic mass is 10.1. The molecule has 0 unspecified atom stereocenters. The van der Waals surface area contributed by atoms with Crippen molar-refractivity contribution in [1.29, 1.82) is 0 Å². The number of rotatable bonds is 5. The minimum Gasteiger partial charge on any atom is -0.325 e. The molecular formula is C13H21N3O3S. The topological polar surface area (TPSA) is 78.5 Å². The number of aryl methyl sites for hydroxylation is 1. The molecule has 1 amide bonds. The largest absolute Gasteiger partial charge is 0.325 e. The van der Waals surface area contributed by atoms with E-state index in [1.165, 1.54) is 20.2 Å².